The highest BCUT2D eigenvalue weighted by atomic mass is 79.9. The summed E-state index contributed by atoms with van der Waals surface area (Å²) >= 11 is 3.46. The van der Waals surface area contributed by atoms with Crippen molar-refractivity contribution in [2.45, 2.75) is 6.17 Å². The molecule has 2 heterocycles. The lowest BCUT2D eigenvalue weighted by molar-refractivity contribution is -0.122. The number of hydrogen-bond donors (Lipinski definition) is 1. The van der Waals surface area contributed by atoms with Crippen LogP contribution in [0.1, 0.15) is 5.56 Å². The van der Waals surface area contributed by atoms with Crippen molar-refractivity contribution in [1.29, 1.82) is 0 Å². The average molecular weight is 368 g/mol. The Morgan fingerprint density at radius 1 is 1.04 bits per heavy atom. The summed E-state index contributed by atoms with van der Waals surface area (Å²) in [6.07, 6.45) is 3.27. The molecule has 2 aliphatic heterocycles. The van der Waals surface area contributed by atoms with Crippen LogP contribution in [0.5, 0.6) is 0 Å². The first kappa shape index (κ1) is 14.2. The van der Waals surface area contributed by atoms with E-state index in [4.69, 9.17) is 0 Å². The predicted octanol–water partition coefficient (Wildman–Crippen LogP) is 3.41. The van der Waals surface area contributed by atoms with Crippen LogP contribution in [-0.2, 0) is 4.79 Å². The maximum Gasteiger partial charge on any atom is 0.236 e. The second-order valence-corrected chi connectivity index (χ2v) is 6.41. The summed E-state index contributed by atoms with van der Waals surface area (Å²) in [6.45, 7) is 0. The van der Waals surface area contributed by atoms with E-state index in [2.05, 4.69) is 31.1 Å². The number of halogens is 1. The van der Waals surface area contributed by atoms with Gasteiger partial charge in [0, 0.05) is 15.9 Å². The fourth-order valence-corrected chi connectivity index (χ4v) is 3.28. The molecule has 4 rings (SSSR count). The van der Waals surface area contributed by atoms with E-state index in [-0.39, 0.29) is 18.0 Å². The fourth-order valence-electron chi connectivity index (χ4n) is 3.02. The molecule has 0 saturated heterocycles. The zero-order chi connectivity index (χ0) is 15.8. The molecule has 2 atom stereocenters. The van der Waals surface area contributed by atoms with E-state index in [0.29, 0.717) is 0 Å². The van der Waals surface area contributed by atoms with Gasteiger partial charge in [-0.05, 0) is 35.9 Å². The third-order valence-electron chi connectivity index (χ3n) is 4.09. The Hall–Kier alpha value is -2.40. The van der Waals surface area contributed by atoms with Crippen LogP contribution in [0.4, 0.5) is 5.69 Å². The van der Waals surface area contributed by atoms with Gasteiger partial charge in [-0.25, -0.2) is 4.99 Å². The lowest BCUT2D eigenvalue weighted by Crippen LogP contribution is -2.44. The molecule has 0 aromatic heterocycles. The van der Waals surface area contributed by atoms with Crippen LogP contribution in [0.25, 0.3) is 5.70 Å². The lowest BCUT2D eigenvalue weighted by atomic mass is 10.1. The summed E-state index contributed by atoms with van der Waals surface area (Å²) in [5, 5.41) is 2.70. The monoisotopic (exact) mass is 367 g/mol. The number of aliphatic imine (C=N–C) groups is 1. The van der Waals surface area contributed by atoms with E-state index in [9.17, 15) is 4.79 Å². The number of carbonyl (C=O) groups is 1. The number of benzene rings is 2. The van der Waals surface area contributed by atoms with Crippen LogP contribution < -0.4 is 10.2 Å². The van der Waals surface area contributed by atoms with Gasteiger partial charge >= 0.3 is 0 Å². The Balaban J connectivity index is 1.84. The highest BCUT2D eigenvalue weighted by Gasteiger charge is 2.41. The molecule has 1 N–H and O–H groups in total. The van der Waals surface area contributed by atoms with E-state index in [1.807, 2.05) is 60.7 Å². The number of fused-ring (bicyclic) bond motifs is 1. The molecule has 1 amide bonds. The number of rotatable bonds is 2. The summed E-state index contributed by atoms with van der Waals surface area (Å²) in [5.41, 5.74) is 3.10. The molecule has 0 saturated carbocycles. The van der Waals surface area contributed by atoms with E-state index >= 15 is 0 Å². The summed E-state index contributed by atoms with van der Waals surface area (Å²) < 4.78 is 1.03. The number of carbonyl (C=O) groups excluding carboxylic acids is 1. The van der Waals surface area contributed by atoms with Gasteiger partial charge in [-0.15, -0.1) is 0 Å². The normalized spacial score (nSPS) is 22.6. The van der Waals surface area contributed by atoms with Crippen molar-refractivity contribution in [3.63, 3.8) is 0 Å². The predicted molar refractivity (Wildman–Crippen MR) is 95.0 cm³/mol. The van der Waals surface area contributed by atoms with Gasteiger partial charge in [0.15, 0.2) is 0 Å². The second kappa shape index (κ2) is 5.66. The van der Waals surface area contributed by atoms with Crippen molar-refractivity contribution in [2.24, 2.45) is 10.9 Å². The van der Waals surface area contributed by atoms with Gasteiger partial charge < -0.3 is 10.2 Å². The number of nitrogens with zero attached hydrogens (tertiary/aromatic N) is 2. The van der Waals surface area contributed by atoms with E-state index < -0.39 is 0 Å². The topological polar surface area (TPSA) is 44.7 Å². The molecule has 0 bridgehead atoms. The molecule has 2 aromatic carbocycles. The third kappa shape index (κ3) is 2.47. The Labute approximate surface area is 142 Å². The molecule has 2 unspecified atom stereocenters. The van der Waals surface area contributed by atoms with Crippen molar-refractivity contribution in [1.82, 2.24) is 5.32 Å². The van der Waals surface area contributed by atoms with Crippen LogP contribution in [0.2, 0.25) is 0 Å². The second-order valence-electron chi connectivity index (χ2n) is 5.49. The van der Waals surface area contributed by atoms with Crippen molar-refractivity contribution in [3.05, 3.63) is 70.7 Å². The molecule has 23 heavy (non-hydrogen) atoms. The molecule has 0 radical (unpaired) electrons. The number of hydrogen-bond acceptors (Lipinski definition) is 3. The number of para-hydroxylation sites is 1. The van der Waals surface area contributed by atoms with Crippen LogP contribution in [0.15, 0.2) is 70.1 Å². The maximum absolute atomic E-state index is 12.2. The summed E-state index contributed by atoms with van der Waals surface area (Å²) in [4.78, 5) is 18.8. The summed E-state index contributed by atoms with van der Waals surface area (Å²) in [6, 6.07) is 18.2. The highest BCUT2D eigenvalue weighted by Crippen LogP contribution is 2.39. The van der Waals surface area contributed by atoms with Crippen molar-refractivity contribution in [2.75, 3.05) is 4.90 Å². The largest absolute Gasteiger partial charge is 0.317 e. The Bertz CT molecular complexity index is 799. The van der Waals surface area contributed by atoms with Gasteiger partial charge in [-0.3, -0.25) is 4.79 Å². The molecule has 4 nitrogen and oxygen atoms in total. The number of amides is 1. The van der Waals surface area contributed by atoms with E-state index in [1.54, 1.807) is 0 Å². The van der Waals surface area contributed by atoms with Gasteiger partial charge in [0.25, 0.3) is 0 Å². The molecule has 114 valence electrons. The summed E-state index contributed by atoms with van der Waals surface area (Å²) in [7, 11) is 0. The van der Waals surface area contributed by atoms with Gasteiger partial charge in [0.2, 0.25) is 5.91 Å². The minimum Gasteiger partial charge on any atom is -0.317 e. The van der Waals surface area contributed by atoms with Crippen LogP contribution in [0, 0.1) is 5.92 Å². The maximum atomic E-state index is 12.2. The average Bonchev–Trinajstić information content (AvgIpc) is 2.97. The van der Waals surface area contributed by atoms with Crippen molar-refractivity contribution < 1.29 is 4.79 Å². The first-order valence-electron chi connectivity index (χ1n) is 7.38. The van der Waals surface area contributed by atoms with Crippen LogP contribution >= 0.6 is 15.9 Å². The molecular formula is C18H14BrN3O. The molecule has 2 aromatic rings. The lowest BCUT2D eigenvalue weighted by Gasteiger charge is -2.31. The highest BCUT2D eigenvalue weighted by molar-refractivity contribution is 9.10. The van der Waals surface area contributed by atoms with E-state index in [1.165, 1.54) is 6.34 Å². The number of nitrogens with one attached hydrogen (secondary N) is 1. The number of anilines is 1. The zero-order valence-electron chi connectivity index (χ0n) is 12.2. The minimum absolute atomic E-state index is 0.0157. The van der Waals surface area contributed by atoms with Gasteiger partial charge in [-0.1, -0.05) is 46.3 Å². The first-order chi connectivity index (χ1) is 11.2. The molecular weight excluding hydrogens is 354 g/mol. The van der Waals surface area contributed by atoms with Crippen LogP contribution in [0.3, 0.4) is 0 Å². The SMILES string of the molecule is O=C1NC=NC2C1C=C(c1ccc(Br)cc1)N2c1ccccc1. The van der Waals surface area contributed by atoms with E-state index in [0.717, 1.165) is 21.4 Å². The Kier molecular flexibility index (Phi) is 3.50. The van der Waals surface area contributed by atoms with Crippen molar-refractivity contribution in [3.8, 4) is 0 Å². The van der Waals surface area contributed by atoms with Gasteiger partial charge in [0.05, 0.1) is 12.3 Å². The quantitative estimate of drug-likeness (QED) is 0.883. The van der Waals surface area contributed by atoms with Gasteiger partial charge in [0.1, 0.15) is 6.17 Å². The van der Waals surface area contributed by atoms with Gasteiger partial charge in [-0.2, -0.15) is 0 Å². The zero-order valence-corrected chi connectivity index (χ0v) is 13.8. The molecule has 0 aliphatic carbocycles. The molecule has 0 spiro atoms. The standard InChI is InChI=1S/C18H14BrN3O/c19-13-8-6-12(7-9-13)16-10-15-17(20-11-21-18(15)23)22(16)14-4-2-1-3-5-14/h1-11,15,17H,(H,20,21,23). The first-order valence-corrected chi connectivity index (χ1v) is 8.17. The molecule has 5 heteroatoms. The third-order valence-corrected chi connectivity index (χ3v) is 4.62. The summed E-state index contributed by atoms with van der Waals surface area (Å²) in [5.74, 6) is -0.295. The van der Waals surface area contributed by atoms with Crippen LogP contribution in [-0.4, -0.2) is 18.4 Å². The fraction of sp³-hybridized carbons (Fsp3) is 0.111. The van der Waals surface area contributed by atoms with Crippen molar-refractivity contribution >= 4 is 39.6 Å². The Morgan fingerprint density at radius 3 is 2.52 bits per heavy atom. The molecule has 2 aliphatic rings. The Morgan fingerprint density at radius 2 is 1.78 bits per heavy atom. The molecule has 0 fully saturated rings. The minimum atomic E-state index is -0.279. The smallest absolute Gasteiger partial charge is 0.236 e.